The molecule has 2 aliphatic rings. The van der Waals surface area contributed by atoms with Crippen LogP contribution in [0.15, 0.2) is 28.0 Å². The molecular weight excluding hydrogens is 374 g/mol. The molecule has 2 aromatic rings. The maximum Gasteiger partial charge on any atom is 0.310 e. The molecule has 4 rings (SSSR count). The number of carbonyl (C=O) groups is 1. The zero-order chi connectivity index (χ0) is 20.4. The summed E-state index contributed by atoms with van der Waals surface area (Å²) in [5.41, 5.74) is 0.0857. The number of hydrogen-bond acceptors (Lipinski definition) is 9. The number of anilines is 3. The highest BCUT2D eigenvalue weighted by molar-refractivity contribution is 5.79. The van der Waals surface area contributed by atoms with Crippen LogP contribution in [0.3, 0.4) is 0 Å². The molecule has 1 unspecified atom stereocenters. The number of nitrogens with zero attached hydrogens (tertiary/aromatic N) is 5. The van der Waals surface area contributed by atoms with E-state index in [9.17, 15) is 14.4 Å². The number of esters is 1. The van der Waals surface area contributed by atoms with Crippen molar-refractivity contribution < 1.29 is 9.53 Å². The molecule has 1 aromatic heterocycles. The van der Waals surface area contributed by atoms with E-state index in [0.717, 1.165) is 12.8 Å². The third kappa shape index (κ3) is 3.68. The van der Waals surface area contributed by atoms with Crippen molar-refractivity contribution in [2.24, 2.45) is 5.92 Å². The van der Waals surface area contributed by atoms with Gasteiger partial charge in [-0.05, 0) is 25.8 Å². The summed E-state index contributed by atoms with van der Waals surface area (Å²) in [5.74, 6) is 0.188. The molecule has 0 bridgehead atoms. The zero-order valence-electron chi connectivity index (χ0n) is 16.5. The van der Waals surface area contributed by atoms with Crippen molar-refractivity contribution in [3.05, 3.63) is 38.9 Å². The van der Waals surface area contributed by atoms with Gasteiger partial charge in [0.25, 0.3) is 10.9 Å². The third-order valence-electron chi connectivity index (χ3n) is 5.65. The monoisotopic (exact) mass is 399 g/mol. The van der Waals surface area contributed by atoms with Gasteiger partial charge in [0.05, 0.1) is 12.5 Å². The molecule has 1 aromatic carbocycles. The Morgan fingerprint density at radius 3 is 2.28 bits per heavy atom. The van der Waals surface area contributed by atoms with Crippen LogP contribution in [0, 0.1) is 5.92 Å². The molecule has 1 atom stereocenters. The Morgan fingerprint density at radius 1 is 1.00 bits per heavy atom. The van der Waals surface area contributed by atoms with Crippen LogP contribution >= 0.6 is 0 Å². The van der Waals surface area contributed by atoms with Crippen LogP contribution in [0.1, 0.15) is 19.8 Å². The number of rotatable bonds is 5. The summed E-state index contributed by atoms with van der Waals surface area (Å²) >= 11 is 0. The molecule has 3 heterocycles. The van der Waals surface area contributed by atoms with Gasteiger partial charge in [0.1, 0.15) is 11.4 Å². The van der Waals surface area contributed by atoms with Crippen LogP contribution in [-0.2, 0) is 9.53 Å². The maximum absolute atomic E-state index is 12.4. The van der Waals surface area contributed by atoms with Crippen molar-refractivity contribution in [1.29, 1.82) is 0 Å². The first-order valence-corrected chi connectivity index (χ1v) is 10.1. The smallest absolute Gasteiger partial charge is 0.310 e. The van der Waals surface area contributed by atoms with E-state index >= 15 is 0 Å². The predicted molar refractivity (Wildman–Crippen MR) is 109 cm³/mol. The highest BCUT2D eigenvalue weighted by Gasteiger charge is 2.35. The first kappa shape index (κ1) is 19.4. The minimum Gasteiger partial charge on any atom is -0.466 e. The summed E-state index contributed by atoms with van der Waals surface area (Å²) in [4.78, 5) is 51.4. The molecule has 2 saturated heterocycles. The Kier molecular flexibility index (Phi) is 5.46. The first-order valence-electron chi connectivity index (χ1n) is 10.1. The molecule has 0 amide bonds. The van der Waals surface area contributed by atoms with Gasteiger partial charge in [0.2, 0.25) is 5.95 Å². The van der Waals surface area contributed by atoms with E-state index in [1.807, 2.05) is 9.80 Å². The summed E-state index contributed by atoms with van der Waals surface area (Å²) in [5, 5.41) is 0. The molecule has 29 heavy (non-hydrogen) atoms. The van der Waals surface area contributed by atoms with Gasteiger partial charge in [-0.1, -0.05) is 0 Å². The van der Waals surface area contributed by atoms with Gasteiger partial charge in [-0.3, -0.25) is 14.4 Å². The minimum absolute atomic E-state index is 0.228. The van der Waals surface area contributed by atoms with Gasteiger partial charge >= 0.3 is 5.97 Å². The van der Waals surface area contributed by atoms with E-state index in [1.165, 1.54) is 0 Å². The standard InChI is InChI=1S/C20H25N5O4/c1-2-29-19(28)14-5-3-8-25(13-14)16-15(17(26)18(16)27)23-9-11-24(12-10-23)20-21-6-4-7-22-20/h4,6-7,14H,2-3,5,8-13H2,1H3. The van der Waals surface area contributed by atoms with E-state index in [2.05, 4.69) is 14.9 Å². The third-order valence-corrected chi connectivity index (χ3v) is 5.65. The van der Waals surface area contributed by atoms with Gasteiger partial charge in [0.15, 0.2) is 0 Å². The summed E-state index contributed by atoms with van der Waals surface area (Å²) in [7, 11) is 0. The quantitative estimate of drug-likeness (QED) is 0.515. The Morgan fingerprint density at radius 2 is 1.62 bits per heavy atom. The number of aromatic nitrogens is 2. The molecule has 0 spiro atoms. The summed E-state index contributed by atoms with van der Waals surface area (Å²) in [6.45, 7) is 5.81. The van der Waals surface area contributed by atoms with Gasteiger partial charge in [-0.25, -0.2) is 9.97 Å². The number of piperazine rings is 1. The molecule has 2 fully saturated rings. The van der Waals surface area contributed by atoms with Crippen molar-refractivity contribution in [1.82, 2.24) is 9.97 Å². The number of hydrogen-bond donors (Lipinski definition) is 0. The highest BCUT2D eigenvalue weighted by Crippen LogP contribution is 2.30. The predicted octanol–water partition coefficient (Wildman–Crippen LogP) is 0.179. The van der Waals surface area contributed by atoms with Crippen LogP contribution < -0.4 is 25.6 Å². The maximum atomic E-state index is 12.4. The Balaban J connectivity index is 1.47. The molecule has 9 nitrogen and oxygen atoms in total. The van der Waals surface area contributed by atoms with Gasteiger partial charge < -0.3 is 19.4 Å². The van der Waals surface area contributed by atoms with Crippen LogP contribution in [0.4, 0.5) is 17.3 Å². The van der Waals surface area contributed by atoms with Crippen molar-refractivity contribution >= 4 is 23.3 Å². The van der Waals surface area contributed by atoms with E-state index in [1.54, 1.807) is 25.4 Å². The van der Waals surface area contributed by atoms with Crippen LogP contribution in [0.5, 0.6) is 0 Å². The molecular formula is C20H25N5O4. The fourth-order valence-corrected chi connectivity index (χ4v) is 4.17. The second kappa shape index (κ2) is 8.18. The largest absolute Gasteiger partial charge is 0.466 e. The lowest BCUT2D eigenvalue weighted by molar-refractivity contribution is -0.148. The van der Waals surface area contributed by atoms with Crippen LogP contribution in [0.25, 0.3) is 0 Å². The van der Waals surface area contributed by atoms with Gasteiger partial charge in [-0.2, -0.15) is 0 Å². The molecule has 0 aliphatic carbocycles. The van der Waals surface area contributed by atoms with Gasteiger partial charge in [0, 0.05) is 51.7 Å². The second-order valence-corrected chi connectivity index (χ2v) is 7.42. The number of ether oxygens (including phenoxy) is 1. The average Bonchev–Trinajstić information content (AvgIpc) is 2.77. The fourth-order valence-electron chi connectivity index (χ4n) is 4.17. The fraction of sp³-hybridized carbons (Fsp3) is 0.550. The number of carbonyl (C=O) groups excluding carboxylic acids is 1. The zero-order valence-corrected chi connectivity index (χ0v) is 16.5. The molecule has 9 heteroatoms. The van der Waals surface area contributed by atoms with Gasteiger partial charge in [-0.15, -0.1) is 0 Å². The topological polar surface area (TPSA) is 95.9 Å². The minimum atomic E-state index is -0.446. The lowest BCUT2D eigenvalue weighted by atomic mass is 9.96. The normalized spacial score (nSPS) is 20.2. The first-order chi connectivity index (χ1) is 14.1. The SMILES string of the molecule is CCOC(=O)C1CCCN(c2c(N3CCN(c4ncccn4)CC3)c(=O)c2=O)C1. The highest BCUT2D eigenvalue weighted by atomic mass is 16.5. The Bertz CT molecular complexity index is 932. The molecule has 0 radical (unpaired) electrons. The van der Waals surface area contributed by atoms with E-state index in [-0.39, 0.29) is 11.9 Å². The van der Waals surface area contributed by atoms with Crippen LogP contribution in [-0.4, -0.2) is 61.8 Å². The van der Waals surface area contributed by atoms with Crippen molar-refractivity contribution in [2.75, 3.05) is 60.6 Å². The molecule has 154 valence electrons. The summed E-state index contributed by atoms with van der Waals surface area (Å²) in [6.07, 6.45) is 4.95. The van der Waals surface area contributed by atoms with E-state index < -0.39 is 10.9 Å². The van der Waals surface area contributed by atoms with Crippen molar-refractivity contribution in [3.63, 3.8) is 0 Å². The summed E-state index contributed by atoms with van der Waals surface area (Å²) < 4.78 is 5.14. The second-order valence-electron chi connectivity index (χ2n) is 7.42. The van der Waals surface area contributed by atoms with Crippen molar-refractivity contribution in [2.45, 2.75) is 19.8 Å². The Labute approximate surface area is 168 Å². The lowest BCUT2D eigenvalue weighted by Gasteiger charge is -2.40. The number of piperidine rings is 1. The average molecular weight is 399 g/mol. The van der Waals surface area contributed by atoms with E-state index in [4.69, 9.17) is 4.74 Å². The summed E-state index contributed by atoms with van der Waals surface area (Å²) in [6, 6.07) is 1.78. The molecule has 2 aliphatic heterocycles. The van der Waals surface area contributed by atoms with Crippen molar-refractivity contribution in [3.8, 4) is 0 Å². The van der Waals surface area contributed by atoms with E-state index in [0.29, 0.717) is 63.2 Å². The Hall–Kier alpha value is -2.97. The molecule has 0 saturated carbocycles. The molecule has 0 N–H and O–H groups in total. The lowest BCUT2D eigenvalue weighted by Crippen LogP contribution is -2.54. The van der Waals surface area contributed by atoms with Crippen LogP contribution in [0.2, 0.25) is 0 Å².